The molecule has 5 rings (SSSR count). The maximum Gasteiger partial charge on any atom is 0.273 e. The summed E-state index contributed by atoms with van der Waals surface area (Å²) in [7, 11) is 3.61. The highest BCUT2D eigenvalue weighted by Crippen LogP contribution is 2.54. The van der Waals surface area contributed by atoms with Gasteiger partial charge < -0.3 is 15.5 Å². The number of fused-ring (bicyclic) bond motifs is 2. The average molecular weight is 408 g/mol. The number of carbonyl (C=O) groups is 2. The zero-order valence-corrected chi connectivity index (χ0v) is 16.9. The maximum absolute atomic E-state index is 13.4. The number of rotatable bonds is 3. The Labute approximate surface area is 171 Å². The Kier molecular flexibility index (Phi) is 3.95. The number of aromatic nitrogens is 3. The molecule has 1 aromatic carbocycles. The van der Waals surface area contributed by atoms with E-state index in [2.05, 4.69) is 20.7 Å². The molecule has 0 saturated carbocycles. The van der Waals surface area contributed by atoms with Crippen LogP contribution in [0.4, 0.5) is 10.8 Å². The lowest BCUT2D eigenvalue weighted by Gasteiger charge is -2.33. The molecule has 2 atom stereocenters. The first-order valence-electron chi connectivity index (χ1n) is 9.38. The zero-order chi connectivity index (χ0) is 20.2. The number of amides is 2. The van der Waals surface area contributed by atoms with Gasteiger partial charge in [-0.05, 0) is 18.1 Å². The Morgan fingerprint density at radius 3 is 2.93 bits per heavy atom. The second-order valence-corrected chi connectivity index (χ2v) is 8.22. The quantitative estimate of drug-likeness (QED) is 0.694. The fraction of sp³-hybridized carbons (Fsp3) is 0.300. The highest BCUT2D eigenvalue weighted by Gasteiger charge is 2.59. The van der Waals surface area contributed by atoms with E-state index in [1.54, 1.807) is 28.2 Å². The van der Waals surface area contributed by atoms with Crippen LogP contribution in [0.2, 0.25) is 0 Å². The van der Waals surface area contributed by atoms with Crippen molar-refractivity contribution in [2.45, 2.75) is 17.9 Å². The predicted molar refractivity (Wildman–Crippen MR) is 110 cm³/mol. The van der Waals surface area contributed by atoms with E-state index in [0.717, 1.165) is 16.8 Å². The van der Waals surface area contributed by atoms with Crippen molar-refractivity contribution in [2.24, 2.45) is 7.05 Å². The second kappa shape index (κ2) is 6.41. The van der Waals surface area contributed by atoms with Crippen molar-refractivity contribution in [2.75, 3.05) is 24.2 Å². The van der Waals surface area contributed by atoms with Crippen molar-refractivity contribution in [1.29, 1.82) is 0 Å². The highest BCUT2D eigenvalue weighted by molar-refractivity contribution is 7.13. The molecule has 0 radical (unpaired) electrons. The number of hydrogen-bond donors (Lipinski definition) is 2. The molecule has 0 aliphatic carbocycles. The molecular formula is C20H20N6O2S. The molecule has 2 amide bonds. The Morgan fingerprint density at radius 2 is 2.21 bits per heavy atom. The van der Waals surface area contributed by atoms with Crippen molar-refractivity contribution in [3.05, 3.63) is 58.9 Å². The highest BCUT2D eigenvalue weighted by atomic mass is 32.1. The molecule has 1 spiro atoms. The smallest absolute Gasteiger partial charge is 0.273 e. The third kappa shape index (κ3) is 2.50. The van der Waals surface area contributed by atoms with Gasteiger partial charge in [-0.15, -0.1) is 11.3 Å². The lowest BCUT2D eigenvalue weighted by molar-refractivity contribution is -0.121. The van der Waals surface area contributed by atoms with Gasteiger partial charge in [0, 0.05) is 43.5 Å². The number of aryl methyl sites for hydroxylation is 1. The SMILES string of the molecule is CNc1nc(C(=O)N2CC[C@]3(C(=O)Nc4ccccc43)[C@@H]2c2cnn(C)c2)cs1. The first kappa shape index (κ1) is 17.9. The number of thiazole rings is 1. The van der Waals surface area contributed by atoms with Crippen LogP contribution >= 0.6 is 11.3 Å². The van der Waals surface area contributed by atoms with Crippen LogP contribution in [0, 0.1) is 0 Å². The number of carbonyl (C=O) groups excluding carboxylic acids is 2. The summed E-state index contributed by atoms with van der Waals surface area (Å²) in [6, 6.07) is 7.28. The minimum absolute atomic E-state index is 0.0722. The van der Waals surface area contributed by atoms with Gasteiger partial charge in [-0.25, -0.2) is 4.98 Å². The minimum atomic E-state index is -0.836. The summed E-state index contributed by atoms with van der Waals surface area (Å²) in [5.41, 5.74) is 2.14. The van der Waals surface area contributed by atoms with Crippen LogP contribution in [0.5, 0.6) is 0 Å². The van der Waals surface area contributed by atoms with Crippen LogP contribution in [-0.2, 0) is 17.3 Å². The van der Waals surface area contributed by atoms with Crippen LogP contribution in [0.15, 0.2) is 42.0 Å². The number of anilines is 2. The molecule has 9 heteroatoms. The number of likely N-dealkylation sites (tertiary alicyclic amines) is 1. The molecule has 1 fully saturated rings. The van der Waals surface area contributed by atoms with Gasteiger partial charge in [-0.1, -0.05) is 18.2 Å². The van der Waals surface area contributed by atoms with E-state index >= 15 is 0 Å². The Hall–Kier alpha value is -3.20. The van der Waals surface area contributed by atoms with E-state index in [9.17, 15) is 9.59 Å². The van der Waals surface area contributed by atoms with Crippen molar-refractivity contribution in [3.63, 3.8) is 0 Å². The predicted octanol–water partition coefficient (Wildman–Crippen LogP) is 2.40. The van der Waals surface area contributed by atoms with Gasteiger partial charge in [0.15, 0.2) is 5.13 Å². The standard InChI is InChI=1S/C20H20N6O2S/c1-21-19-24-15(11-29-19)17(27)26-8-7-20(16(26)12-9-22-25(2)10-12)13-5-3-4-6-14(13)23-18(20)28/h3-6,9-11,16H,7-8H2,1-2H3,(H,21,24)(H,23,28)/t16-,20+/m0/s1. The topological polar surface area (TPSA) is 92.2 Å². The Balaban J connectivity index is 1.64. The summed E-state index contributed by atoms with van der Waals surface area (Å²) in [6.45, 7) is 0.465. The fourth-order valence-corrected chi connectivity index (χ4v) is 5.23. The summed E-state index contributed by atoms with van der Waals surface area (Å²) in [5.74, 6) is -0.247. The van der Waals surface area contributed by atoms with E-state index in [-0.39, 0.29) is 11.8 Å². The molecule has 2 aliphatic heterocycles. The van der Waals surface area contributed by atoms with Gasteiger partial charge in [-0.3, -0.25) is 14.3 Å². The van der Waals surface area contributed by atoms with Crippen LogP contribution in [-0.4, -0.2) is 45.1 Å². The minimum Gasteiger partial charge on any atom is -0.365 e. The van der Waals surface area contributed by atoms with Gasteiger partial charge in [0.1, 0.15) is 11.1 Å². The van der Waals surface area contributed by atoms with Crippen molar-refractivity contribution in [3.8, 4) is 0 Å². The van der Waals surface area contributed by atoms with E-state index in [0.29, 0.717) is 23.8 Å². The van der Waals surface area contributed by atoms with Crippen molar-refractivity contribution >= 4 is 34.0 Å². The fourth-order valence-electron chi connectivity index (χ4n) is 4.58. The van der Waals surface area contributed by atoms with E-state index < -0.39 is 11.5 Å². The molecule has 3 aromatic rings. The number of nitrogens with zero attached hydrogens (tertiary/aromatic N) is 4. The molecule has 4 heterocycles. The maximum atomic E-state index is 13.4. The molecule has 148 valence electrons. The molecule has 2 aliphatic rings. The molecule has 2 aromatic heterocycles. The van der Waals surface area contributed by atoms with Gasteiger partial charge >= 0.3 is 0 Å². The van der Waals surface area contributed by atoms with Crippen molar-refractivity contribution in [1.82, 2.24) is 19.7 Å². The Morgan fingerprint density at radius 1 is 1.38 bits per heavy atom. The normalized spacial score (nSPS) is 22.8. The summed E-state index contributed by atoms with van der Waals surface area (Å²) < 4.78 is 1.70. The lowest BCUT2D eigenvalue weighted by atomic mass is 9.73. The third-order valence-corrected chi connectivity index (χ3v) is 6.68. The van der Waals surface area contributed by atoms with E-state index in [4.69, 9.17) is 0 Å². The van der Waals surface area contributed by atoms with Gasteiger partial charge in [0.25, 0.3) is 5.91 Å². The Bertz CT molecular complexity index is 1120. The van der Waals surface area contributed by atoms with Crippen molar-refractivity contribution < 1.29 is 9.59 Å². The molecule has 8 nitrogen and oxygen atoms in total. The number of para-hydroxylation sites is 1. The van der Waals surface area contributed by atoms with Crippen LogP contribution in [0.3, 0.4) is 0 Å². The van der Waals surface area contributed by atoms with Gasteiger partial charge in [-0.2, -0.15) is 5.10 Å². The average Bonchev–Trinajstić information content (AvgIpc) is 3.49. The number of hydrogen-bond acceptors (Lipinski definition) is 6. The first-order chi connectivity index (χ1) is 14.0. The molecule has 0 unspecified atom stereocenters. The molecule has 29 heavy (non-hydrogen) atoms. The number of benzene rings is 1. The number of nitrogens with one attached hydrogen (secondary N) is 2. The molecular weight excluding hydrogens is 388 g/mol. The van der Waals surface area contributed by atoms with Crippen LogP contribution in [0.25, 0.3) is 0 Å². The van der Waals surface area contributed by atoms with Gasteiger partial charge in [0.2, 0.25) is 5.91 Å². The summed E-state index contributed by atoms with van der Waals surface area (Å²) in [5, 5.41) is 12.7. The second-order valence-electron chi connectivity index (χ2n) is 7.36. The van der Waals surface area contributed by atoms with Gasteiger partial charge in [0.05, 0.1) is 12.2 Å². The van der Waals surface area contributed by atoms with Crippen LogP contribution in [0.1, 0.15) is 34.1 Å². The molecule has 2 N–H and O–H groups in total. The largest absolute Gasteiger partial charge is 0.365 e. The lowest BCUT2D eigenvalue weighted by Crippen LogP contribution is -2.42. The zero-order valence-electron chi connectivity index (χ0n) is 16.0. The third-order valence-electron chi connectivity index (χ3n) is 5.83. The summed E-state index contributed by atoms with van der Waals surface area (Å²) >= 11 is 1.39. The monoisotopic (exact) mass is 408 g/mol. The van der Waals surface area contributed by atoms with Crippen LogP contribution < -0.4 is 10.6 Å². The molecule has 1 saturated heterocycles. The summed E-state index contributed by atoms with van der Waals surface area (Å²) in [6.07, 6.45) is 4.17. The van der Waals surface area contributed by atoms with E-state index in [1.807, 2.05) is 37.5 Å². The van der Waals surface area contributed by atoms with E-state index in [1.165, 1.54) is 11.3 Å². The first-order valence-corrected chi connectivity index (χ1v) is 10.3. The summed E-state index contributed by atoms with van der Waals surface area (Å²) in [4.78, 5) is 32.9. The molecule has 0 bridgehead atoms.